The van der Waals surface area contributed by atoms with Gasteiger partial charge in [-0.15, -0.1) is 0 Å². The van der Waals surface area contributed by atoms with Crippen LogP contribution in [0.3, 0.4) is 0 Å². The van der Waals surface area contributed by atoms with Crippen molar-refractivity contribution in [1.82, 2.24) is 15.3 Å². The number of ether oxygens (including phenoxy) is 1. The lowest BCUT2D eigenvalue weighted by molar-refractivity contribution is -0.125. The van der Waals surface area contributed by atoms with Gasteiger partial charge in [0.25, 0.3) is 0 Å². The molecule has 1 atom stereocenters. The van der Waals surface area contributed by atoms with Crippen LogP contribution < -0.4 is 15.0 Å². The van der Waals surface area contributed by atoms with Gasteiger partial charge in [0.2, 0.25) is 5.91 Å². The predicted molar refractivity (Wildman–Crippen MR) is 99.6 cm³/mol. The fourth-order valence-electron chi connectivity index (χ4n) is 3.08. The lowest BCUT2D eigenvalue weighted by Crippen LogP contribution is -2.43. The number of amides is 1. The second kappa shape index (κ2) is 9.07. The van der Waals surface area contributed by atoms with E-state index in [2.05, 4.69) is 36.0 Å². The first-order chi connectivity index (χ1) is 13.0. The van der Waals surface area contributed by atoms with Crippen LogP contribution >= 0.6 is 15.9 Å². The number of nitrogens with zero attached hydrogens (tertiary/aromatic N) is 3. The molecule has 1 aromatic carbocycles. The molecule has 0 saturated carbocycles. The van der Waals surface area contributed by atoms with Crippen LogP contribution in [0, 0.1) is 5.92 Å². The number of rotatable bonds is 6. The Hall–Kier alpha value is -2.29. The molecule has 0 spiro atoms. The molecule has 27 heavy (non-hydrogen) atoms. The minimum Gasteiger partial charge on any atom is -0.434 e. The van der Waals surface area contributed by atoms with E-state index in [0.717, 1.165) is 29.7 Å². The summed E-state index contributed by atoms with van der Waals surface area (Å²) in [4.78, 5) is 23.0. The van der Waals surface area contributed by atoms with E-state index in [1.165, 1.54) is 6.07 Å². The lowest BCUT2D eigenvalue weighted by atomic mass is 9.97. The van der Waals surface area contributed by atoms with Gasteiger partial charge in [-0.2, -0.15) is 8.78 Å². The van der Waals surface area contributed by atoms with E-state index in [-0.39, 0.29) is 24.1 Å². The molecule has 1 unspecified atom stereocenters. The maximum atomic E-state index is 12.6. The molecule has 144 valence electrons. The van der Waals surface area contributed by atoms with Gasteiger partial charge < -0.3 is 15.0 Å². The first-order valence-electron chi connectivity index (χ1n) is 8.55. The summed E-state index contributed by atoms with van der Waals surface area (Å²) in [6.07, 6.45) is 6.54. The molecule has 6 nitrogen and oxygen atoms in total. The van der Waals surface area contributed by atoms with Crippen molar-refractivity contribution < 1.29 is 18.3 Å². The van der Waals surface area contributed by atoms with Crippen LogP contribution in [0.5, 0.6) is 5.75 Å². The van der Waals surface area contributed by atoms with Crippen LogP contribution in [0.15, 0.2) is 41.3 Å². The second-order valence-electron chi connectivity index (χ2n) is 6.20. The molecule has 1 N–H and O–H groups in total. The summed E-state index contributed by atoms with van der Waals surface area (Å²) in [5.74, 6) is 0.479. The van der Waals surface area contributed by atoms with E-state index in [1.807, 2.05) is 4.90 Å². The molecular formula is C18H19BrF2N4O2. The largest absolute Gasteiger partial charge is 0.434 e. The Balaban J connectivity index is 1.61. The van der Waals surface area contributed by atoms with Crippen LogP contribution in [0.25, 0.3) is 0 Å². The Kier molecular flexibility index (Phi) is 6.54. The average Bonchev–Trinajstić information content (AvgIpc) is 2.68. The molecule has 0 radical (unpaired) electrons. The van der Waals surface area contributed by atoms with Gasteiger partial charge in [-0.05, 0) is 31.0 Å². The molecule has 2 heterocycles. The highest BCUT2D eigenvalue weighted by Gasteiger charge is 2.26. The van der Waals surface area contributed by atoms with Gasteiger partial charge in [0.15, 0.2) is 0 Å². The zero-order chi connectivity index (χ0) is 19.2. The van der Waals surface area contributed by atoms with Gasteiger partial charge in [-0.3, -0.25) is 9.78 Å². The summed E-state index contributed by atoms with van der Waals surface area (Å²) >= 11 is 3.30. The van der Waals surface area contributed by atoms with Crippen molar-refractivity contribution in [3.8, 4) is 5.75 Å². The Labute approximate surface area is 164 Å². The highest BCUT2D eigenvalue weighted by molar-refractivity contribution is 9.10. The number of aromatic nitrogens is 2. The topological polar surface area (TPSA) is 67.3 Å². The van der Waals surface area contributed by atoms with Gasteiger partial charge in [-0.25, -0.2) is 4.98 Å². The summed E-state index contributed by atoms with van der Waals surface area (Å²) in [6, 6.07) is 4.72. The molecule has 0 aliphatic carbocycles. The van der Waals surface area contributed by atoms with E-state index in [9.17, 15) is 13.6 Å². The summed E-state index contributed by atoms with van der Waals surface area (Å²) < 4.78 is 30.4. The Morgan fingerprint density at radius 2 is 2.26 bits per heavy atom. The van der Waals surface area contributed by atoms with Crippen LogP contribution in [0.4, 0.5) is 14.6 Å². The van der Waals surface area contributed by atoms with E-state index in [0.29, 0.717) is 12.1 Å². The predicted octanol–water partition coefficient (Wildman–Crippen LogP) is 3.37. The smallest absolute Gasteiger partial charge is 0.387 e. The van der Waals surface area contributed by atoms with Gasteiger partial charge >= 0.3 is 6.61 Å². The molecule has 0 bridgehead atoms. The molecule has 9 heteroatoms. The number of alkyl halides is 2. The second-order valence-corrected chi connectivity index (χ2v) is 7.11. The number of carbonyl (C=O) groups excluding carboxylic acids is 1. The number of halogens is 3. The van der Waals surface area contributed by atoms with Crippen LogP contribution in [0.2, 0.25) is 0 Å². The van der Waals surface area contributed by atoms with Crippen LogP contribution in [-0.4, -0.2) is 35.6 Å². The van der Waals surface area contributed by atoms with Gasteiger partial charge in [0.1, 0.15) is 11.6 Å². The summed E-state index contributed by atoms with van der Waals surface area (Å²) in [5.41, 5.74) is 0.486. The monoisotopic (exact) mass is 440 g/mol. The summed E-state index contributed by atoms with van der Waals surface area (Å²) in [6.45, 7) is -1.44. The van der Waals surface area contributed by atoms with Crippen molar-refractivity contribution in [2.75, 3.05) is 18.0 Å². The van der Waals surface area contributed by atoms with Gasteiger partial charge in [-0.1, -0.05) is 15.9 Å². The van der Waals surface area contributed by atoms with Crippen molar-refractivity contribution in [3.63, 3.8) is 0 Å². The average molecular weight is 441 g/mol. The molecule has 1 saturated heterocycles. The minimum absolute atomic E-state index is 0.0540. The molecule has 1 aliphatic heterocycles. The molecule has 1 fully saturated rings. The molecule has 1 amide bonds. The van der Waals surface area contributed by atoms with E-state index in [4.69, 9.17) is 0 Å². The number of hydrogen-bond donors (Lipinski definition) is 1. The number of nitrogens with one attached hydrogen (secondary N) is 1. The van der Waals surface area contributed by atoms with Crippen molar-refractivity contribution in [2.24, 2.45) is 5.92 Å². The maximum Gasteiger partial charge on any atom is 0.387 e. The third-order valence-corrected chi connectivity index (χ3v) is 4.85. The minimum atomic E-state index is -2.92. The lowest BCUT2D eigenvalue weighted by Gasteiger charge is -2.32. The number of benzene rings is 1. The van der Waals surface area contributed by atoms with Gasteiger partial charge in [0.05, 0.1) is 12.1 Å². The van der Waals surface area contributed by atoms with Crippen molar-refractivity contribution in [2.45, 2.75) is 26.0 Å². The van der Waals surface area contributed by atoms with Crippen molar-refractivity contribution >= 4 is 27.7 Å². The van der Waals surface area contributed by atoms with E-state index < -0.39 is 6.61 Å². The highest BCUT2D eigenvalue weighted by atomic mass is 79.9. The zero-order valence-corrected chi connectivity index (χ0v) is 16.0. The Bertz CT molecular complexity index is 779. The Morgan fingerprint density at radius 1 is 1.41 bits per heavy atom. The molecule has 1 aliphatic rings. The SMILES string of the molecule is O=C(NCc1cc(Br)ccc1OC(F)F)C1CCCN(c2cnccn2)C1. The van der Waals surface area contributed by atoms with Crippen molar-refractivity contribution in [1.29, 1.82) is 0 Å². The van der Waals surface area contributed by atoms with Crippen molar-refractivity contribution in [3.05, 3.63) is 46.8 Å². The van der Waals surface area contributed by atoms with E-state index in [1.54, 1.807) is 30.7 Å². The summed E-state index contributed by atoms with van der Waals surface area (Å²) in [7, 11) is 0. The number of hydrogen-bond acceptors (Lipinski definition) is 5. The fourth-order valence-corrected chi connectivity index (χ4v) is 3.49. The molecule has 2 aromatic rings. The highest BCUT2D eigenvalue weighted by Crippen LogP contribution is 2.25. The maximum absolute atomic E-state index is 12.6. The third kappa shape index (κ3) is 5.35. The van der Waals surface area contributed by atoms with Gasteiger partial charge in [0, 0.05) is 42.1 Å². The number of piperidine rings is 1. The third-order valence-electron chi connectivity index (χ3n) is 4.36. The zero-order valence-electron chi connectivity index (χ0n) is 14.4. The number of anilines is 1. The quantitative estimate of drug-likeness (QED) is 0.745. The first kappa shape index (κ1) is 19.5. The standard InChI is InChI=1S/C18H19BrF2N4O2/c19-14-3-4-15(27-18(20)21)13(8-14)9-24-17(26)12-2-1-7-25(11-12)16-10-22-5-6-23-16/h3-6,8,10,12,18H,1-2,7,9,11H2,(H,24,26). The normalized spacial score (nSPS) is 17.0. The van der Waals surface area contributed by atoms with Crippen LogP contribution in [-0.2, 0) is 11.3 Å². The first-order valence-corrected chi connectivity index (χ1v) is 9.34. The van der Waals surface area contributed by atoms with E-state index >= 15 is 0 Å². The summed E-state index contributed by atoms with van der Waals surface area (Å²) in [5, 5.41) is 2.83. The van der Waals surface area contributed by atoms with Crippen LogP contribution in [0.1, 0.15) is 18.4 Å². The molecule has 3 rings (SSSR count). The fraction of sp³-hybridized carbons (Fsp3) is 0.389. The molecular weight excluding hydrogens is 422 g/mol. The number of carbonyl (C=O) groups is 1. The molecule has 1 aromatic heterocycles. The Morgan fingerprint density at radius 3 is 3.00 bits per heavy atom.